The molecule has 2 aliphatic rings. The first-order chi connectivity index (χ1) is 18.5. The second-order valence-corrected chi connectivity index (χ2v) is 11.1. The van der Waals surface area contributed by atoms with E-state index in [2.05, 4.69) is 59.1 Å². The van der Waals surface area contributed by atoms with Crippen LogP contribution in [0.1, 0.15) is 81.4 Å². The van der Waals surface area contributed by atoms with Gasteiger partial charge in [0.05, 0.1) is 12.0 Å². The van der Waals surface area contributed by atoms with Crippen LogP contribution in [0.25, 0.3) is 28.9 Å². The maximum absolute atomic E-state index is 12.3. The van der Waals surface area contributed by atoms with Gasteiger partial charge in [0.2, 0.25) is 5.82 Å². The van der Waals surface area contributed by atoms with Gasteiger partial charge < -0.3 is 9.26 Å². The molecule has 0 spiro atoms. The van der Waals surface area contributed by atoms with Gasteiger partial charge in [-0.2, -0.15) is 4.98 Å². The Morgan fingerprint density at radius 3 is 2.50 bits per heavy atom. The lowest BCUT2D eigenvalue weighted by Crippen LogP contribution is -2.43. The van der Waals surface area contributed by atoms with Crippen LogP contribution in [-0.2, 0) is 16.1 Å². The molecule has 1 aliphatic heterocycles. The number of rotatable bonds is 8. The number of benzene rings is 2. The number of hydrogen-bond donors (Lipinski definition) is 0. The average molecular weight is 514 g/mol. The standard InChI is InChI=1S/C32H39N3O3/c1-4-24-21-27(15-16-28(24)25-9-7-6-8-10-25)30-33-29(34-38-30)26-13-11-23(12-14-26)22-35-19-17-32(3,18-20-35)31(36)37-5-2/h4,11-16,21,25H,1,5-10,17-20,22H2,2-3H3. The Balaban J connectivity index is 1.22. The number of piperidine rings is 1. The molecule has 0 radical (unpaired) electrons. The molecule has 2 fully saturated rings. The number of esters is 1. The highest BCUT2D eigenvalue weighted by Crippen LogP contribution is 2.37. The van der Waals surface area contributed by atoms with E-state index < -0.39 is 0 Å². The van der Waals surface area contributed by atoms with Crippen molar-refractivity contribution in [2.24, 2.45) is 5.41 Å². The van der Waals surface area contributed by atoms with Crippen molar-refractivity contribution in [2.45, 2.75) is 71.3 Å². The molecule has 1 saturated carbocycles. The molecule has 0 atom stereocenters. The minimum absolute atomic E-state index is 0.0654. The van der Waals surface area contributed by atoms with Gasteiger partial charge in [0.15, 0.2) is 0 Å². The summed E-state index contributed by atoms with van der Waals surface area (Å²) < 4.78 is 10.9. The number of carbonyl (C=O) groups excluding carboxylic acids is 1. The van der Waals surface area contributed by atoms with E-state index >= 15 is 0 Å². The number of likely N-dealkylation sites (tertiary alicyclic amines) is 1. The SMILES string of the molecule is C=Cc1cc(-c2nc(-c3ccc(CN4CCC(C)(C(=O)OCC)CC4)cc3)no2)ccc1C1CCCCC1. The van der Waals surface area contributed by atoms with Crippen molar-refractivity contribution < 1.29 is 14.1 Å². The van der Waals surface area contributed by atoms with E-state index in [1.165, 1.54) is 48.8 Å². The van der Waals surface area contributed by atoms with E-state index in [4.69, 9.17) is 14.2 Å². The summed E-state index contributed by atoms with van der Waals surface area (Å²) in [4.78, 5) is 19.4. The fourth-order valence-electron chi connectivity index (χ4n) is 5.86. The van der Waals surface area contributed by atoms with Crippen LogP contribution >= 0.6 is 0 Å². The molecule has 5 rings (SSSR count). The predicted octanol–water partition coefficient (Wildman–Crippen LogP) is 7.26. The maximum atomic E-state index is 12.3. The van der Waals surface area contributed by atoms with Gasteiger partial charge in [-0.1, -0.05) is 67.4 Å². The monoisotopic (exact) mass is 513 g/mol. The quantitative estimate of drug-likeness (QED) is 0.295. The highest BCUT2D eigenvalue weighted by atomic mass is 16.5. The molecule has 0 N–H and O–H groups in total. The molecule has 1 aromatic heterocycles. The van der Waals surface area contributed by atoms with Crippen molar-refractivity contribution in [1.82, 2.24) is 15.0 Å². The van der Waals surface area contributed by atoms with Crippen molar-refractivity contribution in [1.29, 1.82) is 0 Å². The zero-order valence-electron chi connectivity index (χ0n) is 22.7. The number of hydrogen-bond acceptors (Lipinski definition) is 6. The van der Waals surface area contributed by atoms with Crippen molar-refractivity contribution in [3.63, 3.8) is 0 Å². The number of aromatic nitrogens is 2. The third-order valence-corrected chi connectivity index (χ3v) is 8.37. The van der Waals surface area contributed by atoms with Crippen LogP contribution in [0.15, 0.2) is 53.6 Å². The molecular formula is C32H39N3O3. The summed E-state index contributed by atoms with van der Waals surface area (Å²) in [6.45, 7) is 11.0. The number of ether oxygens (including phenoxy) is 1. The van der Waals surface area contributed by atoms with Crippen LogP contribution in [-0.4, -0.2) is 40.7 Å². The fourth-order valence-corrected chi connectivity index (χ4v) is 5.86. The average Bonchev–Trinajstić information content (AvgIpc) is 3.45. The minimum Gasteiger partial charge on any atom is -0.466 e. The summed E-state index contributed by atoms with van der Waals surface area (Å²) in [5.74, 6) is 1.67. The molecule has 2 aromatic carbocycles. The van der Waals surface area contributed by atoms with Crippen LogP contribution in [0.2, 0.25) is 0 Å². The summed E-state index contributed by atoms with van der Waals surface area (Å²) in [6.07, 6.45) is 10.1. The molecule has 3 aromatic rings. The second-order valence-electron chi connectivity index (χ2n) is 11.1. The van der Waals surface area contributed by atoms with Crippen LogP contribution in [0.3, 0.4) is 0 Å². The molecule has 6 nitrogen and oxygen atoms in total. The summed E-state index contributed by atoms with van der Waals surface area (Å²) in [5.41, 5.74) is 5.27. The van der Waals surface area contributed by atoms with Gasteiger partial charge in [-0.15, -0.1) is 0 Å². The lowest BCUT2D eigenvalue weighted by Gasteiger charge is -2.37. The molecule has 38 heavy (non-hydrogen) atoms. The van der Waals surface area contributed by atoms with Crippen molar-refractivity contribution >= 4 is 12.0 Å². The van der Waals surface area contributed by atoms with E-state index in [1.54, 1.807) is 0 Å². The third kappa shape index (κ3) is 5.75. The zero-order chi connectivity index (χ0) is 26.5. The first-order valence-electron chi connectivity index (χ1n) is 14.1. The molecule has 2 heterocycles. The molecular weight excluding hydrogens is 474 g/mol. The smallest absolute Gasteiger partial charge is 0.311 e. The fraction of sp³-hybridized carbons (Fsp3) is 0.469. The summed E-state index contributed by atoms with van der Waals surface area (Å²) in [5, 5.41) is 4.26. The second kappa shape index (κ2) is 11.6. The van der Waals surface area contributed by atoms with E-state index in [0.717, 1.165) is 43.6 Å². The van der Waals surface area contributed by atoms with Crippen LogP contribution in [0.4, 0.5) is 0 Å². The molecule has 200 valence electrons. The molecule has 1 saturated heterocycles. The number of carbonyl (C=O) groups is 1. The Hall–Kier alpha value is -3.25. The molecule has 1 aliphatic carbocycles. The Labute approximate surface area is 226 Å². The largest absolute Gasteiger partial charge is 0.466 e. The van der Waals surface area contributed by atoms with Gasteiger partial charge in [-0.3, -0.25) is 9.69 Å². The Bertz CT molecular complexity index is 1250. The van der Waals surface area contributed by atoms with Crippen LogP contribution in [0.5, 0.6) is 0 Å². The Kier molecular flexibility index (Phi) is 8.08. The van der Waals surface area contributed by atoms with Gasteiger partial charge in [0, 0.05) is 17.7 Å². The van der Waals surface area contributed by atoms with Gasteiger partial charge >= 0.3 is 5.97 Å². The molecule has 6 heteroatoms. The van der Waals surface area contributed by atoms with Gasteiger partial charge in [-0.25, -0.2) is 0 Å². The summed E-state index contributed by atoms with van der Waals surface area (Å²) in [6, 6.07) is 14.8. The zero-order valence-corrected chi connectivity index (χ0v) is 22.7. The van der Waals surface area contributed by atoms with Gasteiger partial charge in [0.25, 0.3) is 5.89 Å². The van der Waals surface area contributed by atoms with E-state index in [1.807, 2.05) is 19.9 Å². The molecule has 0 unspecified atom stereocenters. The third-order valence-electron chi connectivity index (χ3n) is 8.37. The highest BCUT2D eigenvalue weighted by molar-refractivity contribution is 5.76. The van der Waals surface area contributed by atoms with Crippen molar-refractivity contribution in [3.05, 3.63) is 65.7 Å². The normalized spacial score (nSPS) is 18.3. The lowest BCUT2D eigenvalue weighted by molar-refractivity contribution is -0.157. The first-order valence-corrected chi connectivity index (χ1v) is 14.1. The van der Waals surface area contributed by atoms with Crippen molar-refractivity contribution in [3.8, 4) is 22.8 Å². The van der Waals surface area contributed by atoms with E-state index in [0.29, 0.717) is 24.2 Å². The van der Waals surface area contributed by atoms with Gasteiger partial charge in [0.1, 0.15) is 0 Å². The Morgan fingerprint density at radius 2 is 1.82 bits per heavy atom. The maximum Gasteiger partial charge on any atom is 0.311 e. The summed E-state index contributed by atoms with van der Waals surface area (Å²) >= 11 is 0. The van der Waals surface area contributed by atoms with Gasteiger partial charge in [-0.05, 0) is 87.4 Å². The first kappa shape index (κ1) is 26.4. The Morgan fingerprint density at radius 1 is 1.11 bits per heavy atom. The lowest BCUT2D eigenvalue weighted by atomic mass is 9.80. The van der Waals surface area contributed by atoms with Crippen molar-refractivity contribution in [2.75, 3.05) is 19.7 Å². The predicted molar refractivity (Wildman–Crippen MR) is 150 cm³/mol. The molecule has 0 amide bonds. The van der Waals surface area contributed by atoms with Crippen LogP contribution in [0, 0.1) is 5.41 Å². The van der Waals surface area contributed by atoms with Crippen LogP contribution < -0.4 is 0 Å². The topological polar surface area (TPSA) is 68.5 Å². The highest BCUT2D eigenvalue weighted by Gasteiger charge is 2.38. The number of nitrogens with zero attached hydrogens (tertiary/aromatic N) is 3. The minimum atomic E-state index is -0.366. The molecule has 0 bridgehead atoms. The van der Waals surface area contributed by atoms with E-state index in [-0.39, 0.29) is 11.4 Å². The summed E-state index contributed by atoms with van der Waals surface area (Å²) in [7, 11) is 0. The van der Waals surface area contributed by atoms with E-state index in [9.17, 15) is 4.79 Å².